The zero-order chi connectivity index (χ0) is 20.5. The number of aromatic nitrogens is 3. The molecule has 0 spiro atoms. The summed E-state index contributed by atoms with van der Waals surface area (Å²) in [5.41, 5.74) is 2.87. The van der Waals surface area contributed by atoms with E-state index in [0.717, 1.165) is 29.8 Å². The molecule has 2 aromatic heterocycles. The second kappa shape index (κ2) is 7.70. The van der Waals surface area contributed by atoms with Gasteiger partial charge in [-0.05, 0) is 61.7 Å². The van der Waals surface area contributed by atoms with E-state index in [1.54, 1.807) is 12.1 Å². The normalized spacial score (nSPS) is 13.6. The number of nitrogens with zero attached hydrogens (tertiary/aromatic N) is 3. The van der Waals surface area contributed by atoms with Gasteiger partial charge in [0.05, 0.1) is 0 Å². The average molecular weight is 406 g/mol. The van der Waals surface area contributed by atoms with Gasteiger partial charge in [-0.1, -0.05) is 5.16 Å². The number of nitrogens with one attached hydrogen (secondary N) is 1. The van der Waals surface area contributed by atoms with Crippen molar-refractivity contribution in [3.8, 4) is 11.4 Å². The number of amides is 1. The maximum Gasteiger partial charge on any atom is 0.226 e. The van der Waals surface area contributed by atoms with E-state index >= 15 is 0 Å². The molecule has 0 atom stereocenters. The Morgan fingerprint density at radius 1 is 1.13 bits per heavy atom. The molecule has 2 heterocycles. The first-order valence-electron chi connectivity index (χ1n) is 9.93. The highest BCUT2D eigenvalue weighted by molar-refractivity contribution is 5.92. The van der Waals surface area contributed by atoms with Gasteiger partial charge in [0.25, 0.3) is 0 Å². The van der Waals surface area contributed by atoms with Crippen LogP contribution in [0.5, 0.6) is 0 Å². The van der Waals surface area contributed by atoms with Gasteiger partial charge in [0, 0.05) is 30.0 Å². The Labute approximate surface area is 171 Å². The van der Waals surface area contributed by atoms with Gasteiger partial charge in [0.1, 0.15) is 11.3 Å². The maximum atomic E-state index is 13.0. The molecule has 5 rings (SSSR count). The number of hydrogen-bond acceptors (Lipinski definition) is 6. The van der Waals surface area contributed by atoms with E-state index in [1.165, 1.54) is 12.1 Å². The van der Waals surface area contributed by atoms with E-state index < -0.39 is 0 Å². The number of aryl methyl sites for hydroxylation is 1. The molecule has 1 aliphatic rings. The lowest BCUT2D eigenvalue weighted by molar-refractivity contribution is -0.116. The molecule has 152 valence electrons. The summed E-state index contributed by atoms with van der Waals surface area (Å²) in [5.74, 6) is 1.66. The van der Waals surface area contributed by atoms with Gasteiger partial charge in [-0.25, -0.2) is 9.37 Å². The fourth-order valence-electron chi connectivity index (χ4n) is 3.22. The minimum Gasteiger partial charge on any atom is -0.440 e. The smallest absolute Gasteiger partial charge is 0.226 e. The van der Waals surface area contributed by atoms with E-state index in [9.17, 15) is 9.18 Å². The standard InChI is InChI=1S/C22H19FN4O3/c23-15-8-6-13(7-9-15)21-26-20(30-27-21)3-1-2-19(28)24-16-10-11-18-17(12-16)25-22(29-18)14-4-5-14/h6-12,14H,1-5H2,(H,24,28). The van der Waals surface area contributed by atoms with Crippen LogP contribution in [0.4, 0.5) is 10.1 Å². The van der Waals surface area contributed by atoms with Crippen molar-refractivity contribution in [1.29, 1.82) is 0 Å². The van der Waals surface area contributed by atoms with E-state index in [-0.39, 0.29) is 11.7 Å². The molecular weight excluding hydrogens is 387 g/mol. The van der Waals surface area contributed by atoms with Crippen LogP contribution in [0.3, 0.4) is 0 Å². The van der Waals surface area contributed by atoms with E-state index in [0.29, 0.717) is 48.1 Å². The van der Waals surface area contributed by atoms with Crippen LogP contribution in [0.2, 0.25) is 0 Å². The Hall–Kier alpha value is -3.55. The van der Waals surface area contributed by atoms with Gasteiger partial charge in [-0.15, -0.1) is 0 Å². The predicted octanol–water partition coefficient (Wildman–Crippen LogP) is 4.86. The molecule has 1 fully saturated rings. The highest BCUT2D eigenvalue weighted by Gasteiger charge is 2.28. The van der Waals surface area contributed by atoms with E-state index in [4.69, 9.17) is 8.94 Å². The summed E-state index contributed by atoms with van der Waals surface area (Å²) in [6, 6.07) is 11.4. The molecule has 0 saturated heterocycles. The monoisotopic (exact) mass is 406 g/mol. The Kier molecular flexibility index (Phi) is 4.74. The molecule has 7 nitrogen and oxygen atoms in total. The molecule has 2 aromatic carbocycles. The molecule has 4 aromatic rings. The number of oxazole rings is 1. The molecule has 0 bridgehead atoms. The molecule has 0 unspecified atom stereocenters. The highest BCUT2D eigenvalue weighted by Crippen LogP contribution is 2.40. The predicted molar refractivity (Wildman–Crippen MR) is 107 cm³/mol. The number of rotatable bonds is 7. The minimum absolute atomic E-state index is 0.0986. The number of carbonyl (C=O) groups excluding carboxylic acids is 1. The highest BCUT2D eigenvalue weighted by atomic mass is 19.1. The van der Waals surface area contributed by atoms with Gasteiger partial charge >= 0.3 is 0 Å². The van der Waals surface area contributed by atoms with Crippen molar-refractivity contribution in [2.24, 2.45) is 0 Å². The van der Waals surface area contributed by atoms with Crippen molar-refractivity contribution in [2.75, 3.05) is 5.32 Å². The molecular formula is C22H19FN4O3. The fourth-order valence-corrected chi connectivity index (χ4v) is 3.22. The van der Waals surface area contributed by atoms with Gasteiger partial charge in [-0.2, -0.15) is 4.98 Å². The molecule has 0 aliphatic heterocycles. The Morgan fingerprint density at radius 3 is 2.77 bits per heavy atom. The van der Waals surface area contributed by atoms with Gasteiger partial charge < -0.3 is 14.3 Å². The number of carbonyl (C=O) groups is 1. The minimum atomic E-state index is -0.320. The first-order chi connectivity index (χ1) is 14.6. The first kappa shape index (κ1) is 18.5. The summed E-state index contributed by atoms with van der Waals surface area (Å²) in [4.78, 5) is 21.1. The van der Waals surface area contributed by atoms with Crippen LogP contribution in [0.1, 0.15) is 43.4 Å². The van der Waals surface area contributed by atoms with Crippen LogP contribution >= 0.6 is 0 Å². The summed E-state index contributed by atoms with van der Waals surface area (Å²) in [6.45, 7) is 0. The van der Waals surface area contributed by atoms with Crippen molar-refractivity contribution in [1.82, 2.24) is 15.1 Å². The molecule has 1 amide bonds. The van der Waals surface area contributed by atoms with Gasteiger partial charge in [-0.3, -0.25) is 4.79 Å². The van der Waals surface area contributed by atoms with Crippen molar-refractivity contribution in [3.63, 3.8) is 0 Å². The van der Waals surface area contributed by atoms with E-state index in [1.807, 2.05) is 18.2 Å². The van der Waals surface area contributed by atoms with Crippen molar-refractivity contribution in [3.05, 3.63) is 60.1 Å². The van der Waals surface area contributed by atoms with Crippen LogP contribution in [0.15, 0.2) is 51.4 Å². The SMILES string of the molecule is O=C(CCCc1nc(-c2ccc(F)cc2)no1)Nc1ccc2oc(C3CC3)nc2c1. The van der Waals surface area contributed by atoms with Crippen LogP contribution in [0, 0.1) is 5.82 Å². The van der Waals surface area contributed by atoms with Crippen LogP contribution < -0.4 is 5.32 Å². The van der Waals surface area contributed by atoms with Gasteiger partial charge in [0.15, 0.2) is 11.5 Å². The Morgan fingerprint density at radius 2 is 1.97 bits per heavy atom. The van der Waals surface area contributed by atoms with Crippen LogP contribution in [-0.2, 0) is 11.2 Å². The Bertz CT molecular complexity index is 1190. The molecule has 30 heavy (non-hydrogen) atoms. The lowest BCUT2D eigenvalue weighted by atomic mass is 10.2. The Balaban J connectivity index is 1.14. The largest absolute Gasteiger partial charge is 0.440 e. The summed E-state index contributed by atoms with van der Waals surface area (Å²) < 4.78 is 24.0. The second-order valence-electron chi connectivity index (χ2n) is 7.43. The number of halogens is 1. The molecule has 1 saturated carbocycles. The topological polar surface area (TPSA) is 94.0 Å². The van der Waals surface area contributed by atoms with Crippen LogP contribution in [0.25, 0.3) is 22.5 Å². The summed E-state index contributed by atoms with van der Waals surface area (Å²) >= 11 is 0. The molecule has 8 heteroatoms. The number of hydrogen-bond donors (Lipinski definition) is 1. The van der Waals surface area contributed by atoms with E-state index in [2.05, 4.69) is 20.4 Å². The third-order valence-electron chi connectivity index (χ3n) is 4.98. The molecule has 0 radical (unpaired) electrons. The fraction of sp³-hybridized carbons (Fsp3) is 0.273. The molecule has 1 aliphatic carbocycles. The average Bonchev–Trinajstić information content (AvgIpc) is 3.33. The first-order valence-corrected chi connectivity index (χ1v) is 9.93. The quantitative estimate of drug-likeness (QED) is 0.471. The third kappa shape index (κ3) is 4.07. The lowest BCUT2D eigenvalue weighted by Gasteiger charge is -2.04. The summed E-state index contributed by atoms with van der Waals surface area (Å²) in [6.07, 6.45) is 3.62. The zero-order valence-corrected chi connectivity index (χ0v) is 16.1. The zero-order valence-electron chi connectivity index (χ0n) is 16.1. The summed E-state index contributed by atoms with van der Waals surface area (Å²) in [7, 11) is 0. The number of benzene rings is 2. The van der Waals surface area contributed by atoms with Crippen LogP contribution in [-0.4, -0.2) is 21.0 Å². The van der Waals surface area contributed by atoms with Crippen molar-refractivity contribution < 1.29 is 18.1 Å². The second-order valence-corrected chi connectivity index (χ2v) is 7.43. The van der Waals surface area contributed by atoms with Crippen molar-refractivity contribution in [2.45, 2.75) is 38.0 Å². The van der Waals surface area contributed by atoms with Gasteiger partial charge in [0.2, 0.25) is 17.6 Å². The third-order valence-corrected chi connectivity index (χ3v) is 4.98. The maximum absolute atomic E-state index is 13.0. The molecule has 1 N–H and O–H groups in total. The van der Waals surface area contributed by atoms with Crippen molar-refractivity contribution >= 4 is 22.7 Å². The number of fused-ring (bicyclic) bond motifs is 1. The lowest BCUT2D eigenvalue weighted by Crippen LogP contribution is -2.11. The summed E-state index contributed by atoms with van der Waals surface area (Å²) in [5, 5.41) is 6.79. The number of anilines is 1.